The van der Waals surface area contributed by atoms with Gasteiger partial charge in [-0.1, -0.05) is 30.3 Å². The summed E-state index contributed by atoms with van der Waals surface area (Å²) in [4.78, 5) is 22.9. The highest BCUT2D eigenvalue weighted by molar-refractivity contribution is 5.97. The van der Waals surface area contributed by atoms with Crippen LogP contribution in [0.15, 0.2) is 54.6 Å². The summed E-state index contributed by atoms with van der Waals surface area (Å²) in [5.41, 5.74) is 1.56. The van der Waals surface area contributed by atoms with Crippen LogP contribution in [0.25, 0.3) is 0 Å². The largest absolute Gasteiger partial charge is 0.489 e. The minimum atomic E-state index is -0.526. The van der Waals surface area contributed by atoms with Crippen molar-refractivity contribution in [1.82, 2.24) is 5.32 Å². The minimum Gasteiger partial charge on any atom is -0.489 e. The molecular weight excluding hydrogens is 282 g/mol. The Labute approximate surface area is 127 Å². The zero-order valence-electron chi connectivity index (χ0n) is 11.8. The summed E-state index contributed by atoms with van der Waals surface area (Å²) < 4.78 is 10.3. The van der Waals surface area contributed by atoms with E-state index in [1.165, 1.54) is 0 Å². The molecule has 0 aliphatic carbocycles. The average molecular weight is 297 g/mol. The van der Waals surface area contributed by atoms with E-state index in [-0.39, 0.29) is 12.5 Å². The van der Waals surface area contributed by atoms with Gasteiger partial charge in [0.25, 0.3) is 5.91 Å². The van der Waals surface area contributed by atoms with Gasteiger partial charge < -0.3 is 14.8 Å². The minimum absolute atomic E-state index is 0.239. The molecule has 1 fully saturated rings. The Balaban J connectivity index is 1.55. The number of esters is 1. The maximum atomic E-state index is 11.9. The highest BCUT2D eigenvalue weighted by Gasteiger charge is 2.32. The Kier molecular flexibility index (Phi) is 4.05. The standard InChI is InChI=1S/C17H15NO4/c19-16(18-15-11-22-17(15)20)13-6-8-14(9-7-13)21-10-12-4-2-1-3-5-12/h1-9,15H,10-11H2,(H,18,19)/t15-/m0/s1. The van der Waals surface area contributed by atoms with Gasteiger partial charge in [0.1, 0.15) is 19.0 Å². The Bertz CT molecular complexity index is 667. The first-order valence-corrected chi connectivity index (χ1v) is 6.97. The molecular formula is C17H15NO4. The zero-order chi connectivity index (χ0) is 15.4. The van der Waals surface area contributed by atoms with Crippen LogP contribution in [0.4, 0.5) is 0 Å². The summed E-state index contributed by atoms with van der Waals surface area (Å²) >= 11 is 0. The van der Waals surface area contributed by atoms with Gasteiger partial charge in [-0.2, -0.15) is 0 Å². The lowest BCUT2D eigenvalue weighted by Crippen LogP contribution is -2.52. The Morgan fingerprint density at radius 3 is 2.45 bits per heavy atom. The number of rotatable bonds is 5. The molecule has 1 aliphatic heterocycles. The van der Waals surface area contributed by atoms with Crippen molar-refractivity contribution in [1.29, 1.82) is 0 Å². The van der Waals surface area contributed by atoms with Gasteiger partial charge in [-0.05, 0) is 29.8 Å². The molecule has 112 valence electrons. The third kappa shape index (κ3) is 3.25. The maximum Gasteiger partial charge on any atom is 0.332 e. The topological polar surface area (TPSA) is 64.6 Å². The molecule has 2 aromatic rings. The molecule has 1 N–H and O–H groups in total. The van der Waals surface area contributed by atoms with Crippen molar-refractivity contribution in [3.63, 3.8) is 0 Å². The molecule has 0 spiro atoms. The lowest BCUT2D eigenvalue weighted by molar-refractivity contribution is -0.162. The van der Waals surface area contributed by atoms with Crippen molar-refractivity contribution < 1.29 is 19.1 Å². The number of ether oxygens (including phenoxy) is 2. The smallest absolute Gasteiger partial charge is 0.332 e. The Hall–Kier alpha value is -2.82. The third-order valence-electron chi connectivity index (χ3n) is 3.35. The number of hydrogen-bond donors (Lipinski definition) is 1. The summed E-state index contributed by atoms with van der Waals surface area (Å²) in [5.74, 6) is -0.00381. The molecule has 1 heterocycles. The van der Waals surface area contributed by atoms with E-state index in [4.69, 9.17) is 4.74 Å². The lowest BCUT2D eigenvalue weighted by atomic mass is 10.1. The Morgan fingerprint density at radius 1 is 1.14 bits per heavy atom. The van der Waals surface area contributed by atoms with Crippen LogP contribution >= 0.6 is 0 Å². The molecule has 2 aromatic carbocycles. The lowest BCUT2D eigenvalue weighted by Gasteiger charge is -2.25. The van der Waals surface area contributed by atoms with Gasteiger partial charge in [-0.15, -0.1) is 0 Å². The van der Waals surface area contributed by atoms with E-state index < -0.39 is 12.0 Å². The summed E-state index contributed by atoms with van der Waals surface area (Å²) in [6.45, 7) is 0.711. The van der Waals surface area contributed by atoms with Gasteiger partial charge in [-0.3, -0.25) is 4.79 Å². The van der Waals surface area contributed by atoms with Gasteiger partial charge in [0.15, 0.2) is 6.04 Å². The molecule has 1 saturated heterocycles. The van der Waals surface area contributed by atoms with E-state index in [0.29, 0.717) is 17.9 Å². The van der Waals surface area contributed by atoms with Crippen molar-refractivity contribution in [3.8, 4) is 5.75 Å². The van der Waals surface area contributed by atoms with Crippen molar-refractivity contribution in [2.45, 2.75) is 12.6 Å². The van der Waals surface area contributed by atoms with Gasteiger partial charge in [0, 0.05) is 5.56 Å². The molecule has 0 radical (unpaired) electrons. The first-order valence-electron chi connectivity index (χ1n) is 6.97. The molecule has 0 aromatic heterocycles. The van der Waals surface area contributed by atoms with Gasteiger partial charge >= 0.3 is 5.97 Å². The molecule has 0 bridgehead atoms. The highest BCUT2D eigenvalue weighted by atomic mass is 16.6. The molecule has 5 nitrogen and oxygen atoms in total. The first-order chi connectivity index (χ1) is 10.7. The second-order valence-electron chi connectivity index (χ2n) is 4.95. The first kappa shape index (κ1) is 14.1. The summed E-state index contributed by atoms with van der Waals surface area (Å²) in [6.07, 6.45) is 0. The van der Waals surface area contributed by atoms with E-state index in [1.807, 2.05) is 30.3 Å². The van der Waals surface area contributed by atoms with Crippen LogP contribution in [0, 0.1) is 0 Å². The number of nitrogens with one attached hydrogen (secondary N) is 1. The van der Waals surface area contributed by atoms with Gasteiger partial charge in [-0.25, -0.2) is 4.79 Å². The van der Waals surface area contributed by atoms with E-state index in [9.17, 15) is 9.59 Å². The molecule has 3 rings (SSSR count). The molecule has 0 unspecified atom stereocenters. The predicted molar refractivity (Wildman–Crippen MR) is 79.4 cm³/mol. The number of carbonyl (C=O) groups excluding carboxylic acids is 2. The molecule has 22 heavy (non-hydrogen) atoms. The molecule has 1 amide bonds. The zero-order valence-corrected chi connectivity index (χ0v) is 11.8. The van der Waals surface area contributed by atoms with Crippen LogP contribution in [0.5, 0.6) is 5.75 Å². The number of benzene rings is 2. The molecule has 5 heteroatoms. The normalized spacial score (nSPS) is 16.4. The SMILES string of the molecule is O=C(N[C@H]1COC1=O)c1ccc(OCc2ccccc2)cc1. The van der Waals surface area contributed by atoms with Crippen molar-refractivity contribution in [2.24, 2.45) is 0 Å². The van der Waals surface area contributed by atoms with Gasteiger partial charge in [0.05, 0.1) is 0 Å². The Morgan fingerprint density at radius 2 is 1.86 bits per heavy atom. The summed E-state index contributed by atoms with van der Waals surface area (Å²) in [5, 5.41) is 2.61. The van der Waals surface area contributed by atoms with Crippen LogP contribution in [0.2, 0.25) is 0 Å². The van der Waals surface area contributed by atoms with E-state index in [2.05, 4.69) is 10.1 Å². The van der Waals surface area contributed by atoms with Crippen LogP contribution < -0.4 is 10.1 Å². The molecule has 0 saturated carbocycles. The van der Waals surface area contributed by atoms with Crippen molar-refractivity contribution in [2.75, 3.05) is 6.61 Å². The molecule has 1 aliphatic rings. The number of cyclic esters (lactones) is 1. The van der Waals surface area contributed by atoms with Crippen LogP contribution in [-0.2, 0) is 16.1 Å². The van der Waals surface area contributed by atoms with Crippen molar-refractivity contribution >= 4 is 11.9 Å². The monoisotopic (exact) mass is 297 g/mol. The van der Waals surface area contributed by atoms with Crippen LogP contribution in [0.3, 0.4) is 0 Å². The second kappa shape index (κ2) is 6.30. The van der Waals surface area contributed by atoms with E-state index in [1.54, 1.807) is 24.3 Å². The van der Waals surface area contributed by atoms with Crippen LogP contribution in [0.1, 0.15) is 15.9 Å². The highest BCUT2D eigenvalue weighted by Crippen LogP contribution is 2.15. The van der Waals surface area contributed by atoms with Crippen LogP contribution in [-0.4, -0.2) is 24.5 Å². The van der Waals surface area contributed by atoms with Crippen molar-refractivity contribution in [3.05, 3.63) is 65.7 Å². The predicted octanol–water partition coefficient (Wildman–Crippen LogP) is 1.92. The van der Waals surface area contributed by atoms with Gasteiger partial charge in [0.2, 0.25) is 0 Å². The average Bonchev–Trinajstić information content (AvgIpc) is 2.57. The number of amides is 1. The number of hydrogen-bond acceptors (Lipinski definition) is 4. The fraction of sp³-hybridized carbons (Fsp3) is 0.176. The van der Waals surface area contributed by atoms with E-state index in [0.717, 1.165) is 5.56 Å². The number of carbonyl (C=O) groups is 2. The summed E-state index contributed by atoms with van der Waals surface area (Å²) in [7, 11) is 0. The molecule has 1 atom stereocenters. The third-order valence-corrected chi connectivity index (χ3v) is 3.35. The van der Waals surface area contributed by atoms with E-state index >= 15 is 0 Å². The summed E-state index contributed by atoms with van der Waals surface area (Å²) in [6, 6.07) is 16.1. The maximum absolute atomic E-state index is 11.9. The quantitative estimate of drug-likeness (QED) is 0.856. The fourth-order valence-electron chi connectivity index (χ4n) is 2.02. The fourth-order valence-corrected chi connectivity index (χ4v) is 2.02. The second-order valence-corrected chi connectivity index (χ2v) is 4.95.